The van der Waals surface area contributed by atoms with Crippen LogP contribution < -0.4 is 10.2 Å². The van der Waals surface area contributed by atoms with Crippen LogP contribution >= 0.6 is 0 Å². The van der Waals surface area contributed by atoms with Crippen LogP contribution in [0.5, 0.6) is 0 Å². The highest BCUT2D eigenvalue weighted by molar-refractivity contribution is 5.56. The van der Waals surface area contributed by atoms with E-state index in [2.05, 4.69) is 37.2 Å². The maximum absolute atomic E-state index is 12.9. The van der Waals surface area contributed by atoms with Crippen molar-refractivity contribution >= 4 is 17.5 Å². The lowest BCUT2D eigenvalue weighted by Crippen LogP contribution is -2.46. The summed E-state index contributed by atoms with van der Waals surface area (Å²) in [5.74, 6) is 0.971. The minimum Gasteiger partial charge on any atom is -0.339 e. The van der Waals surface area contributed by atoms with Crippen LogP contribution in [-0.4, -0.2) is 52.8 Å². The first-order valence-corrected chi connectivity index (χ1v) is 7.44. The molecule has 0 atom stereocenters. The Labute approximate surface area is 129 Å². The molecule has 1 aromatic heterocycles. The van der Waals surface area contributed by atoms with Gasteiger partial charge in [-0.15, -0.1) is 5.10 Å². The van der Waals surface area contributed by atoms with Gasteiger partial charge in [-0.1, -0.05) is 6.92 Å². The van der Waals surface area contributed by atoms with Crippen LogP contribution in [-0.2, 0) is 0 Å². The van der Waals surface area contributed by atoms with Gasteiger partial charge in [0.05, 0.1) is 6.20 Å². The third kappa shape index (κ3) is 3.48. The summed E-state index contributed by atoms with van der Waals surface area (Å²) in [5, 5.41) is 11.2. The van der Waals surface area contributed by atoms with Crippen molar-refractivity contribution in [3.8, 4) is 0 Å². The van der Waals surface area contributed by atoms with Crippen LogP contribution in [0, 0.1) is 5.82 Å². The second kappa shape index (κ2) is 6.65. The summed E-state index contributed by atoms with van der Waals surface area (Å²) in [7, 11) is 0. The molecule has 2 heterocycles. The van der Waals surface area contributed by atoms with Crippen molar-refractivity contribution in [3.63, 3.8) is 0 Å². The van der Waals surface area contributed by atoms with Crippen LogP contribution in [0.2, 0.25) is 0 Å². The Balaban J connectivity index is 1.68. The third-order valence-corrected chi connectivity index (χ3v) is 3.77. The predicted octanol–water partition coefficient (Wildman–Crippen LogP) is 1.90. The molecule has 1 N–H and O–H groups in total. The van der Waals surface area contributed by atoms with Crippen molar-refractivity contribution in [1.29, 1.82) is 0 Å². The zero-order valence-corrected chi connectivity index (χ0v) is 12.5. The molecule has 116 valence electrons. The molecule has 6 nitrogen and oxygen atoms in total. The van der Waals surface area contributed by atoms with E-state index in [1.807, 2.05) is 0 Å². The second-order valence-corrected chi connectivity index (χ2v) is 5.19. The number of nitrogens with zero attached hydrogens (tertiary/aromatic N) is 5. The average Bonchev–Trinajstić information content (AvgIpc) is 2.57. The zero-order valence-electron chi connectivity index (χ0n) is 12.5. The molecule has 1 aliphatic rings. The summed E-state index contributed by atoms with van der Waals surface area (Å²) < 4.78 is 12.9. The maximum Gasteiger partial charge on any atom is 0.247 e. The summed E-state index contributed by atoms with van der Waals surface area (Å²) in [6.07, 6.45) is 1.56. The van der Waals surface area contributed by atoms with Crippen molar-refractivity contribution in [2.24, 2.45) is 0 Å². The number of anilines is 3. The number of nitrogens with one attached hydrogen (secondary N) is 1. The largest absolute Gasteiger partial charge is 0.339 e. The molecule has 2 aromatic rings. The normalized spacial score (nSPS) is 15.8. The highest BCUT2D eigenvalue weighted by Crippen LogP contribution is 2.17. The van der Waals surface area contributed by atoms with Crippen LogP contribution in [0.25, 0.3) is 0 Å². The van der Waals surface area contributed by atoms with Crippen molar-refractivity contribution in [1.82, 2.24) is 20.1 Å². The van der Waals surface area contributed by atoms with Gasteiger partial charge in [0.1, 0.15) is 5.82 Å². The van der Waals surface area contributed by atoms with E-state index in [4.69, 9.17) is 0 Å². The zero-order chi connectivity index (χ0) is 15.4. The standard InChI is InChI=1S/C15H19FN6/c1-2-21-7-9-22(10-8-21)15-19-14(11-17-20-15)18-13-5-3-12(16)4-6-13/h3-6,11H,2,7-10H2,1H3,(H,18,19,20). The number of hydrogen-bond donors (Lipinski definition) is 1. The molecular formula is C15H19FN6. The Hall–Kier alpha value is -2.28. The van der Waals surface area contributed by atoms with Gasteiger partial charge < -0.3 is 15.1 Å². The Morgan fingerprint density at radius 2 is 1.86 bits per heavy atom. The fraction of sp³-hybridized carbons (Fsp3) is 0.400. The summed E-state index contributed by atoms with van der Waals surface area (Å²) >= 11 is 0. The first kappa shape index (κ1) is 14.6. The lowest BCUT2D eigenvalue weighted by atomic mass is 10.3. The van der Waals surface area contributed by atoms with Gasteiger partial charge in [0.15, 0.2) is 5.82 Å². The number of benzene rings is 1. The quantitative estimate of drug-likeness (QED) is 0.931. The molecule has 22 heavy (non-hydrogen) atoms. The van der Waals surface area contributed by atoms with Gasteiger partial charge >= 0.3 is 0 Å². The molecule has 1 aromatic carbocycles. The van der Waals surface area contributed by atoms with E-state index in [0.29, 0.717) is 11.8 Å². The molecule has 0 spiro atoms. The Bertz CT molecular complexity index is 610. The fourth-order valence-electron chi connectivity index (χ4n) is 2.43. The molecule has 1 saturated heterocycles. The topological polar surface area (TPSA) is 57.2 Å². The van der Waals surface area contributed by atoms with Gasteiger partial charge in [0.25, 0.3) is 0 Å². The smallest absolute Gasteiger partial charge is 0.247 e. The van der Waals surface area contributed by atoms with Gasteiger partial charge in [0.2, 0.25) is 5.95 Å². The number of hydrogen-bond acceptors (Lipinski definition) is 6. The summed E-state index contributed by atoms with van der Waals surface area (Å²) in [6, 6.07) is 6.14. The van der Waals surface area contributed by atoms with E-state index in [-0.39, 0.29) is 5.82 Å². The first-order valence-electron chi connectivity index (χ1n) is 7.44. The van der Waals surface area contributed by atoms with Crippen LogP contribution in [0.3, 0.4) is 0 Å². The van der Waals surface area contributed by atoms with Gasteiger partial charge in [-0.25, -0.2) is 4.39 Å². The fourth-order valence-corrected chi connectivity index (χ4v) is 2.43. The Morgan fingerprint density at radius 1 is 1.14 bits per heavy atom. The second-order valence-electron chi connectivity index (χ2n) is 5.19. The van der Waals surface area contributed by atoms with Gasteiger partial charge in [-0.2, -0.15) is 10.1 Å². The van der Waals surface area contributed by atoms with Crippen LogP contribution in [0.15, 0.2) is 30.5 Å². The number of piperazine rings is 1. The van der Waals surface area contributed by atoms with Gasteiger partial charge in [-0.05, 0) is 30.8 Å². The minimum absolute atomic E-state index is 0.263. The molecule has 0 unspecified atom stereocenters. The van der Waals surface area contributed by atoms with E-state index in [0.717, 1.165) is 38.4 Å². The van der Waals surface area contributed by atoms with E-state index >= 15 is 0 Å². The van der Waals surface area contributed by atoms with Crippen molar-refractivity contribution in [3.05, 3.63) is 36.3 Å². The predicted molar refractivity (Wildman–Crippen MR) is 83.8 cm³/mol. The molecule has 3 rings (SSSR count). The molecule has 1 aliphatic heterocycles. The summed E-state index contributed by atoms with van der Waals surface area (Å²) in [6.45, 7) is 7.05. The van der Waals surface area contributed by atoms with Crippen molar-refractivity contribution in [2.45, 2.75) is 6.92 Å². The van der Waals surface area contributed by atoms with Crippen LogP contribution in [0.4, 0.5) is 21.8 Å². The van der Waals surface area contributed by atoms with E-state index in [1.165, 1.54) is 12.1 Å². The maximum atomic E-state index is 12.9. The first-order chi connectivity index (χ1) is 10.7. The lowest BCUT2D eigenvalue weighted by Gasteiger charge is -2.33. The molecule has 0 amide bonds. The molecule has 0 saturated carbocycles. The van der Waals surface area contributed by atoms with Gasteiger partial charge in [-0.3, -0.25) is 0 Å². The number of likely N-dealkylation sites (N-methyl/N-ethyl adjacent to an activating group) is 1. The molecular weight excluding hydrogens is 283 g/mol. The lowest BCUT2D eigenvalue weighted by molar-refractivity contribution is 0.269. The van der Waals surface area contributed by atoms with E-state index < -0.39 is 0 Å². The molecule has 7 heteroatoms. The molecule has 0 bridgehead atoms. The summed E-state index contributed by atoms with van der Waals surface area (Å²) in [4.78, 5) is 9.02. The van der Waals surface area contributed by atoms with E-state index in [1.54, 1.807) is 18.3 Å². The Kier molecular flexibility index (Phi) is 4.43. The monoisotopic (exact) mass is 302 g/mol. The Morgan fingerprint density at radius 3 is 2.55 bits per heavy atom. The summed E-state index contributed by atoms with van der Waals surface area (Å²) in [5.41, 5.74) is 0.767. The third-order valence-electron chi connectivity index (χ3n) is 3.77. The van der Waals surface area contributed by atoms with E-state index in [9.17, 15) is 4.39 Å². The number of aromatic nitrogens is 3. The van der Waals surface area contributed by atoms with Crippen molar-refractivity contribution in [2.75, 3.05) is 42.9 Å². The average molecular weight is 302 g/mol. The molecule has 1 fully saturated rings. The molecule has 0 radical (unpaired) electrons. The highest BCUT2D eigenvalue weighted by Gasteiger charge is 2.18. The SMILES string of the molecule is CCN1CCN(c2nncc(Nc3ccc(F)cc3)n2)CC1. The molecule has 0 aliphatic carbocycles. The minimum atomic E-state index is -0.263. The van der Waals surface area contributed by atoms with Gasteiger partial charge in [0, 0.05) is 31.9 Å². The highest BCUT2D eigenvalue weighted by atomic mass is 19.1. The number of halogens is 1. The van der Waals surface area contributed by atoms with Crippen molar-refractivity contribution < 1.29 is 4.39 Å². The van der Waals surface area contributed by atoms with Crippen LogP contribution in [0.1, 0.15) is 6.92 Å². The number of rotatable bonds is 4.